The van der Waals surface area contributed by atoms with Crippen molar-refractivity contribution >= 4 is 0 Å². The number of fused-ring (bicyclic) bond motifs is 1. The third kappa shape index (κ3) is 2.85. The molecule has 0 aromatic heterocycles. The van der Waals surface area contributed by atoms with Gasteiger partial charge in [0.05, 0.1) is 5.60 Å². The van der Waals surface area contributed by atoms with Gasteiger partial charge in [-0.2, -0.15) is 0 Å². The van der Waals surface area contributed by atoms with Gasteiger partial charge in [0, 0.05) is 19.5 Å². The third-order valence-corrected chi connectivity index (χ3v) is 4.93. The van der Waals surface area contributed by atoms with Gasteiger partial charge in [0.15, 0.2) is 0 Å². The summed E-state index contributed by atoms with van der Waals surface area (Å²) < 4.78 is 0. The van der Waals surface area contributed by atoms with Crippen molar-refractivity contribution in [3.8, 4) is 0 Å². The number of benzene rings is 1. The van der Waals surface area contributed by atoms with Crippen molar-refractivity contribution in [2.75, 3.05) is 19.6 Å². The zero-order valence-corrected chi connectivity index (χ0v) is 12.0. The van der Waals surface area contributed by atoms with Crippen LogP contribution in [0.2, 0.25) is 0 Å². The predicted molar refractivity (Wildman–Crippen MR) is 78.5 cm³/mol. The molecule has 1 aromatic rings. The Morgan fingerprint density at radius 2 is 1.89 bits per heavy atom. The Balaban J connectivity index is 1.68. The SMILES string of the molecule is CCN1CCC(O)(Cc2ccc3c(c2)CCC3)CC1. The third-order valence-electron chi connectivity index (χ3n) is 4.93. The molecule has 0 spiro atoms. The predicted octanol–water partition coefficient (Wildman–Crippen LogP) is 2.56. The van der Waals surface area contributed by atoms with Crippen LogP contribution in [0.5, 0.6) is 0 Å². The summed E-state index contributed by atoms with van der Waals surface area (Å²) in [6.07, 6.45) is 6.43. The molecule has 1 aromatic carbocycles. The van der Waals surface area contributed by atoms with Gasteiger partial charge in [-0.15, -0.1) is 0 Å². The van der Waals surface area contributed by atoms with Crippen LogP contribution >= 0.6 is 0 Å². The molecule has 2 nitrogen and oxygen atoms in total. The van der Waals surface area contributed by atoms with Crippen molar-refractivity contribution in [3.63, 3.8) is 0 Å². The highest BCUT2D eigenvalue weighted by molar-refractivity contribution is 5.35. The molecule has 0 saturated carbocycles. The highest BCUT2D eigenvalue weighted by atomic mass is 16.3. The molecule has 1 saturated heterocycles. The first-order valence-electron chi connectivity index (χ1n) is 7.74. The van der Waals surface area contributed by atoms with Gasteiger partial charge in [0.25, 0.3) is 0 Å². The fourth-order valence-corrected chi connectivity index (χ4v) is 3.58. The number of hydrogen-bond acceptors (Lipinski definition) is 2. The van der Waals surface area contributed by atoms with Crippen LogP contribution in [-0.2, 0) is 19.3 Å². The molecule has 1 heterocycles. The first-order chi connectivity index (χ1) is 9.18. The molecule has 3 rings (SSSR count). The monoisotopic (exact) mass is 259 g/mol. The van der Waals surface area contributed by atoms with Gasteiger partial charge in [-0.05, 0) is 55.3 Å². The largest absolute Gasteiger partial charge is 0.389 e. The molecule has 0 amide bonds. The summed E-state index contributed by atoms with van der Waals surface area (Å²) in [6.45, 7) is 5.38. The molecule has 0 radical (unpaired) electrons. The lowest BCUT2D eigenvalue weighted by molar-refractivity contribution is -0.0194. The Kier molecular flexibility index (Phi) is 3.64. The highest BCUT2D eigenvalue weighted by Gasteiger charge is 2.32. The summed E-state index contributed by atoms with van der Waals surface area (Å²) in [7, 11) is 0. The molecule has 1 fully saturated rings. The van der Waals surface area contributed by atoms with Crippen LogP contribution in [0.25, 0.3) is 0 Å². The Morgan fingerprint density at radius 3 is 2.63 bits per heavy atom. The molecule has 0 bridgehead atoms. The minimum absolute atomic E-state index is 0.474. The van der Waals surface area contributed by atoms with Gasteiger partial charge in [-0.1, -0.05) is 25.1 Å². The molecule has 2 heteroatoms. The van der Waals surface area contributed by atoms with Crippen LogP contribution in [0.4, 0.5) is 0 Å². The number of aliphatic hydroxyl groups is 1. The van der Waals surface area contributed by atoms with Crippen molar-refractivity contribution in [1.82, 2.24) is 4.90 Å². The molecule has 0 unspecified atom stereocenters. The van der Waals surface area contributed by atoms with Crippen LogP contribution in [0.15, 0.2) is 18.2 Å². The van der Waals surface area contributed by atoms with E-state index in [4.69, 9.17) is 0 Å². The molecule has 1 aliphatic heterocycles. The molecule has 2 aliphatic rings. The van der Waals surface area contributed by atoms with E-state index in [9.17, 15) is 5.11 Å². The van der Waals surface area contributed by atoms with Gasteiger partial charge >= 0.3 is 0 Å². The fourth-order valence-electron chi connectivity index (χ4n) is 3.58. The quantitative estimate of drug-likeness (QED) is 0.902. The van der Waals surface area contributed by atoms with Gasteiger partial charge in [0.2, 0.25) is 0 Å². The second-order valence-electron chi connectivity index (χ2n) is 6.29. The fraction of sp³-hybridized carbons (Fsp3) is 0.647. The summed E-state index contributed by atoms with van der Waals surface area (Å²) >= 11 is 0. The zero-order valence-electron chi connectivity index (χ0n) is 12.0. The normalized spacial score (nSPS) is 22.4. The average Bonchev–Trinajstić information content (AvgIpc) is 2.87. The Labute approximate surface area is 116 Å². The van der Waals surface area contributed by atoms with Crippen LogP contribution in [0.1, 0.15) is 42.9 Å². The number of hydrogen-bond donors (Lipinski definition) is 1. The summed E-state index contributed by atoms with van der Waals surface area (Å²) in [4.78, 5) is 2.43. The van der Waals surface area contributed by atoms with Crippen molar-refractivity contribution in [2.45, 2.75) is 51.0 Å². The number of aryl methyl sites for hydroxylation is 2. The Bertz CT molecular complexity index is 447. The molecule has 104 valence electrons. The number of piperidine rings is 1. The second kappa shape index (κ2) is 5.26. The first kappa shape index (κ1) is 13.1. The summed E-state index contributed by atoms with van der Waals surface area (Å²) in [5.41, 5.74) is 3.90. The van der Waals surface area contributed by atoms with E-state index in [0.717, 1.165) is 38.9 Å². The topological polar surface area (TPSA) is 23.5 Å². The van der Waals surface area contributed by atoms with Crippen molar-refractivity contribution in [3.05, 3.63) is 34.9 Å². The Morgan fingerprint density at radius 1 is 1.16 bits per heavy atom. The van der Waals surface area contributed by atoms with Crippen LogP contribution in [0.3, 0.4) is 0 Å². The van der Waals surface area contributed by atoms with E-state index in [2.05, 4.69) is 30.0 Å². The van der Waals surface area contributed by atoms with Crippen molar-refractivity contribution in [2.24, 2.45) is 0 Å². The van der Waals surface area contributed by atoms with Gasteiger partial charge in [-0.25, -0.2) is 0 Å². The standard InChI is InChI=1S/C17H25NO/c1-2-18-10-8-17(19,9-11-18)13-14-6-7-15-4-3-5-16(15)12-14/h6-7,12,19H,2-5,8-11,13H2,1H3. The smallest absolute Gasteiger partial charge is 0.0712 e. The maximum absolute atomic E-state index is 10.8. The number of nitrogens with zero attached hydrogens (tertiary/aromatic N) is 1. The van der Waals surface area contributed by atoms with Crippen LogP contribution < -0.4 is 0 Å². The van der Waals surface area contributed by atoms with Crippen molar-refractivity contribution < 1.29 is 5.11 Å². The van der Waals surface area contributed by atoms with E-state index in [1.54, 1.807) is 0 Å². The lowest BCUT2D eigenvalue weighted by Crippen LogP contribution is -2.45. The molecule has 1 aliphatic carbocycles. The lowest BCUT2D eigenvalue weighted by atomic mass is 9.85. The number of likely N-dealkylation sites (tertiary alicyclic amines) is 1. The summed E-state index contributed by atoms with van der Waals surface area (Å²) in [5.74, 6) is 0. The van der Waals surface area contributed by atoms with E-state index < -0.39 is 5.60 Å². The lowest BCUT2D eigenvalue weighted by Gasteiger charge is -2.38. The maximum Gasteiger partial charge on any atom is 0.0712 e. The average molecular weight is 259 g/mol. The minimum atomic E-state index is -0.474. The second-order valence-corrected chi connectivity index (χ2v) is 6.29. The van der Waals surface area contributed by atoms with E-state index in [-0.39, 0.29) is 0 Å². The summed E-state index contributed by atoms with van der Waals surface area (Å²) in [6, 6.07) is 6.85. The minimum Gasteiger partial charge on any atom is -0.389 e. The summed E-state index contributed by atoms with van der Waals surface area (Å²) in [5, 5.41) is 10.8. The maximum atomic E-state index is 10.8. The zero-order chi connectivity index (χ0) is 13.3. The first-order valence-corrected chi connectivity index (χ1v) is 7.74. The van der Waals surface area contributed by atoms with Crippen molar-refractivity contribution in [1.29, 1.82) is 0 Å². The molecule has 19 heavy (non-hydrogen) atoms. The van der Waals surface area contributed by atoms with Gasteiger partial charge in [0.1, 0.15) is 0 Å². The van der Waals surface area contributed by atoms with E-state index in [0.29, 0.717) is 0 Å². The molecule has 0 atom stereocenters. The number of rotatable bonds is 3. The molecular weight excluding hydrogens is 234 g/mol. The Hall–Kier alpha value is -0.860. The van der Waals surface area contributed by atoms with Crippen LogP contribution in [-0.4, -0.2) is 35.2 Å². The molecule has 1 N–H and O–H groups in total. The van der Waals surface area contributed by atoms with E-state index >= 15 is 0 Å². The van der Waals surface area contributed by atoms with Gasteiger partial charge < -0.3 is 10.0 Å². The van der Waals surface area contributed by atoms with Gasteiger partial charge in [-0.3, -0.25) is 0 Å². The highest BCUT2D eigenvalue weighted by Crippen LogP contribution is 2.29. The van der Waals surface area contributed by atoms with E-state index in [1.165, 1.54) is 36.0 Å². The molecular formula is C17H25NO. The van der Waals surface area contributed by atoms with E-state index in [1.807, 2.05) is 0 Å². The van der Waals surface area contributed by atoms with Crippen LogP contribution in [0, 0.1) is 0 Å².